The summed E-state index contributed by atoms with van der Waals surface area (Å²) >= 11 is 0. The largest absolute Gasteiger partial charge is 0.489 e. The average molecular weight is 538 g/mol. The molecule has 4 aromatic rings. The smallest absolute Gasteiger partial charge is 0.247 e. The molecule has 1 aliphatic carbocycles. The van der Waals surface area contributed by atoms with Crippen molar-refractivity contribution in [2.75, 3.05) is 13.1 Å². The topological polar surface area (TPSA) is 112 Å². The molecule has 2 aliphatic rings. The van der Waals surface area contributed by atoms with Crippen LogP contribution in [0.15, 0.2) is 84.9 Å². The van der Waals surface area contributed by atoms with Gasteiger partial charge in [-0.15, -0.1) is 0 Å². The second-order valence-corrected chi connectivity index (χ2v) is 10.7. The monoisotopic (exact) mass is 537 g/mol. The van der Waals surface area contributed by atoms with Gasteiger partial charge in [0.05, 0.1) is 28.6 Å². The highest BCUT2D eigenvalue weighted by Crippen LogP contribution is 2.56. The zero-order chi connectivity index (χ0) is 27.7. The Morgan fingerprint density at radius 2 is 1.77 bits per heavy atom. The quantitative estimate of drug-likeness (QED) is 0.230. The lowest BCUT2D eigenvalue weighted by atomic mass is 9.92. The van der Waals surface area contributed by atoms with Crippen molar-refractivity contribution in [2.45, 2.75) is 32.0 Å². The van der Waals surface area contributed by atoms with Crippen LogP contribution in [0.5, 0.6) is 5.75 Å². The minimum atomic E-state index is -0.914. The average Bonchev–Trinajstić information content (AvgIpc) is 3.56. The predicted octanol–water partition coefficient (Wildman–Crippen LogP) is 4.13. The number of nitrogens with one attached hydrogen (secondary N) is 1. The van der Waals surface area contributed by atoms with Crippen molar-refractivity contribution in [3.8, 4) is 17.0 Å². The predicted molar refractivity (Wildman–Crippen MR) is 149 cm³/mol. The highest BCUT2D eigenvalue weighted by Gasteiger charge is 2.64. The third kappa shape index (κ3) is 5.03. The second kappa shape index (κ2) is 10.7. The number of likely N-dealkylation sites (tertiary alicyclic amines) is 1. The number of carbonyl (C=O) groups is 2. The van der Waals surface area contributed by atoms with E-state index in [0.29, 0.717) is 38.2 Å². The number of carbonyl (C=O) groups excluding carboxylic acids is 2. The van der Waals surface area contributed by atoms with Gasteiger partial charge in [-0.25, -0.2) is 10.5 Å². The van der Waals surface area contributed by atoms with Crippen molar-refractivity contribution in [1.29, 1.82) is 0 Å². The molecule has 204 valence electrons. The van der Waals surface area contributed by atoms with Gasteiger partial charge in [0, 0.05) is 29.6 Å². The Bertz CT molecular complexity index is 1540. The number of hydrogen-bond acceptors (Lipinski definition) is 6. The van der Waals surface area contributed by atoms with Crippen LogP contribution >= 0.6 is 0 Å². The fraction of sp³-hybridized carbons (Fsp3) is 0.281. The van der Waals surface area contributed by atoms with Crippen molar-refractivity contribution in [2.24, 2.45) is 11.3 Å². The number of ether oxygens (including phenoxy) is 1. The number of rotatable bonds is 8. The van der Waals surface area contributed by atoms with Crippen LogP contribution in [0.2, 0.25) is 0 Å². The molecule has 8 heteroatoms. The van der Waals surface area contributed by atoms with Gasteiger partial charge in [0.25, 0.3) is 0 Å². The Kier molecular flexibility index (Phi) is 6.96. The fourth-order valence-corrected chi connectivity index (χ4v) is 5.83. The zero-order valence-electron chi connectivity index (χ0n) is 22.0. The molecule has 2 amide bonds. The molecule has 1 saturated heterocycles. The van der Waals surface area contributed by atoms with Crippen LogP contribution in [-0.4, -0.2) is 51.2 Å². The summed E-state index contributed by atoms with van der Waals surface area (Å²) in [4.78, 5) is 32.1. The van der Waals surface area contributed by atoms with Gasteiger partial charge in [-0.05, 0) is 49.1 Å². The Hall–Kier alpha value is -4.27. The summed E-state index contributed by atoms with van der Waals surface area (Å²) < 4.78 is 6.18. The molecule has 0 bridgehead atoms. The summed E-state index contributed by atoms with van der Waals surface area (Å²) in [5.41, 5.74) is 5.56. The van der Waals surface area contributed by atoms with Gasteiger partial charge in [0.1, 0.15) is 12.4 Å². The van der Waals surface area contributed by atoms with Crippen LogP contribution in [0.3, 0.4) is 0 Å². The van der Waals surface area contributed by atoms with Gasteiger partial charge in [-0.3, -0.25) is 14.8 Å². The molecular weight excluding hydrogens is 506 g/mol. The van der Waals surface area contributed by atoms with Crippen LogP contribution in [0.4, 0.5) is 0 Å². The van der Waals surface area contributed by atoms with Gasteiger partial charge in [0.2, 0.25) is 11.8 Å². The number of amides is 2. The number of hydroxylamine groups is 1. The zero-order valence-corrected chi connectivity index (χ0v) is 22.0. The van der Waals surface area contributed by atoms with Crippen molar-refractivity contribution in [1.82, 2.24) is 15.4 Å². The lowest BCUT2D eigenvalue weighted by Crippen LogP contribution is -2.40. The number of aliphatic hydroxyl groups excluding tert-OH is 1. The van der Waals surface area contributed by atoms with E-state index in [9.17, 15) is 19.9 Å². The summed E-state index contributed by atoms with van der Waals surface area (Å²) in [6.07, 6.45) is 0.723. The fourth-order valence-electron chi connectivity index (χ4n) is 5.83. The van der Waals surface area contributed by atoms with Crippen LogP contribution < -0.4 is 10.2 Å². The summed E-state index contributed by atoms with van der Waals surface area (Å²) in [5.74, 6) is -0.601. The number of aliphatic hydroxyl groups is 1. The number of pyridine rings is 1. The van der Waals surface area contributed by atoms with Crippen molar-refractivity contribution < 1.29 is 24.6 Å². The van der Waals surface area contributed by atoms with E-state index in [1.54, 1.807) is 10.4 Å². The first kappa shape index (κ1) is 26.0. The van der Waals surface area contributed by atoms with E-state index in [-0.39, 0.29) is 12.5 Å². The van der Waals surface area contributed by atoms with E-state index >= 15 is 0 Å². The molecule has 3 N–H and O–H groups in total. The lowest BCUT2D eigenvalue weighted by Gasteiger charge is -2.24. The Balaban J connectivity index is 1.18. The van der Waals surface area contributed by atoms with E-state index in [4.69, 9.17) is 9.72 Å². The third-order valence-corrected chi connectivity index (χ3v) is 8.09. The normalized spacial score (nSPS) is 21.8. The maximum absolute atomic E-state index is 13.4. The Labute approximate surface area is 232 Å². The first-order chi connectivity index (χ1) is 19.5. The van der Waals surface area contributed by atoms with Crippen molar-refractivity contribution in [3.63, 3.8) is 0 Å². The Morgan fingerprint density at radius 1 is 1.02 bits per heavy atom. The van der Waals surface area contributed by atoms with Crippen LogP contribution in [-0.2, 0) is 22.6 Å². The van der Waals surface area contributed by atoms with Gasteiger partial charge >= 0.3 is 0 Å². The molecular formula is C32H31N3O5. The minimum Gasteiger partial charge on any atom is -0.489 e. The number of benzene rings is 3. The summed E-state index contributed by atoms with van der Waals surface area (Å²) in [6, 6.07) is 27.7. The van der Waals surface area contributed by atoms with Crippen molar-refractivity contribution in [3.05, 3.63) is 96.1 Å². The first-order valence-corrected chi connectivity index (χ1v) is 13.5. The highest BCUT2D eigenvalue weighted by atomic mass is 16.5. The Morgan fingerprint density at radius 3 is 2.50 bits per heavy atom. The maximum atomic E-state index is 13.4. The first-order valence-electron chi connectivity index (χ1n) is 13.5. The van der Waals surface area contributed by atoms with Crippen molar-refractivity contribution >= 4 is 22.7 Å². The molecule has 8 nitrogen and oxygen atoms in total. The molecule has 40 heavy (non-hydrogen) atoms. The molecule has 1 aromatic heterocycles. The standard InChI is InChI=1S/C32H31N3O5/c36-24-14-15-35(19-24)31(38)32(18-27(32)30(37)34-39)17-21-10-12-25(13-11-21)40-20-23-16-29(22-6-2-1-3-7-22)33-28-9-5-4-8-26(23)28/h1-13,16,24,27,36,39H,14-15,17-20H2,(H,34,37)/t24-,27+,32-/m0/s1. The maximum Gasteiger partial charge on any atom is 0.247 e. The second-order valence-electron chi connectivity index (χ2n) is 10.7. The number of β-amino-alcohol motifs (C(OH)–C–C–N with tert-alkyl or cyclic N) is 1. The summed E-state index contributed by atoms with van der Waals surface area (Å²) in [5, 5.41) is 20.1. The number of aromatic nitrogens is 1. The molecule has 3 aromatic carbocycles. The third-order valence-electron chi connectivity index (χ3n) is 8.09. The van der Waals surface area contributed by atoms with Crippen LogP contribution in [0.25, 0.3) is 22.2 Å². The molecule has 1 aliphatic heterocycles. The number of para-hydroxylation sites is 1. The summed E-state index contributed by atoms with van der Waals surface area (Å²) in [6.45, 7) is 1.11. The van der Waals surface area contributed by atoms with Crippen LogP contribution in [0, 0.1) is 11.3 Å². The van der Waals surface area contributed by atoms with E-state index in [1.807, 2.05) is 78.9 Å². The molecule has 3 atom stereocenters. The number of fused-ring (bicyclic) bond motifs is 1. The van der Waals surface area contributed by atoms with E-state index < -0.39 is 23.3 Å². The van der Waals surface area contributed by atoms with Gasteiger partial charge in [-0.1, -0.05) is 60.7 Å². The molecule has 0 spiro atoms. The van der Waals surface area contributed by atoms with Gasteiger partial charge in [-0.2, -0.15) is 0 Å². The molecule has 0 unspecified atom stereocenters. The summed E-state index contributed by atoms with van der Waals surface area (Å²) in [7, 11) is 0. The molecule has 6 rings (SSSR count). The molecule has 2 fully saturated rings. The van der Waals surface area contributed by atoms with Gasteiger partial charge < -0.3 is 14.7 Å². The van der Waals surface area contributed by atoms with E-state index in [0.717, 1.165) is 33.3 Å². The SMILES string of the molecule is O=C(NO)[C@H]1C[C@]1(Cc1ccc(OCc2cc(-c3ccccc3)nc3ccccc23)cc1)C(=O)N1CC[C@H](O)C1. The molecule has 2 heterocycles. The van der Waals surface area contributed by atoms with E-state index in [1.165, 1.54) is 0 Å². The number of hydrogen-bond donors (Lipinski definition) is 3. The molecule has 0 radical (unpaired) electrons. The highest BCUT2D eigenvalue weighted by molar-refractivity contribution is 5.96. The van der Waals surface area contributed by atoms with Gasteiger partial charge in [0.15, 0.2) is 0 Å². The van der Waals surface area contributed by atoms with Crippen LogP contribution in [0.1, 0.15) is 24.0 Å². The molecule has 1 saturated carbocycles. The van der Waals surface area contributed by atoms with E-state index in [2.05, 4.69) is 6.07 Å². The minimum absolute atomic E-state index is 0.142. The number of nitrogens with zero attached hydrogens (tertiary/aromatic N) is 2. The lowest BCUT2D eigenvalue weighted by molar-refractivity contribution is -0.140.